The first-order chi connectivity index (χ1) is 9.33. The highest BCUT2D eigenvalue weighted by Gasteiger charge is 2.19. The van der Waals surface area contributed by atoms with E-state index in [1.54, 1.807) is 7.11 Å². The SMILES string of the molecule is CCNCC1CCc2nc(CCCOC)ncc2C1. The van der Waals surface area contributed by atoms with E-state index in [0.717, 1.165) is 57.1 Å². The molecule has 106 valence electrons. The van der Waals surface area contributed by atoms with Crippen molar-refractivity contribution >= 4 is 0 Å². The Balaban J connectivity index is 1.92. The molecular formula is C15H25N3O. The van der Waals surface area contributed by atoms with Crippen LogP contribution in [0.4, 0.5) is 0 Å². The van der Waals surface area contributed by atoms with Gasteiger partial charge in [-0.2, -0.15) is 0 Å². The molecule has 1 atom stereocenters. The minimum Gasteiger partial charge on any atom is -0.385 e. The van der Waals surface area contributed by atoms with Crippen molar-refractivity contribution in [3.8, 4) is 0 Å². The van der Waals surface area contributed by atoms with Gasteiger partial charge >= 0.3 is 0 Å². The molecule has 1 aromatic heterocycles. The standard InChI is InChI=1S/C15H25N3O/c1-3-16-10-12-6-7-14-13(9-12)11-17-15(18-14)5-4-8-19-2/h11-12,16H,3-10H2,1-2H3. The largest absolute Gasteiger partial charge is 0.385 e. The summed E-state index contributed by atoms with van der Waals surface area (Å²) in [5.74, 6) is 1.72. The quantitative estimate of drug-likeness (QED) is 0.762. The van der Waals surface area contributed by atoms with Crippen LogP contribution in [0.25, 0.3) is 0 Å². The highest BCUT2D eigenvalue weighted by Crippen LogP contribution is 2.23. The average Bonchev–Trinajstić information content (AvgIpc) is 2.45. The van der Waals surface area contributed by atoms with E-state index in [0.29, 0.717) is 0 Å². The highest BCUT2D eigenvalue weighted by atomic mass is 16.5. The van der Waals surface area contributed by atoms with Crippen molar-refractivity contribution in [1.82, 2.24) is 15.3 Å². The van der Waals surface area contributed by atoms with Crippen LogP contribution in [0, 0.1) is 5.92 Å². The first kappa shape index (κ1) is 14.4. The number of nitrogens with zero attached hydrogens (tertiary/aromatic N) is 2. The summed E-state index contributed by atoms with van der Waals surface area (Å²) in [5.41, 5.74) is 2.62. The fraction of sp³-hybridized carbons (Fsp3) is 0.733. The Morgan fingerprint density at radius 1 is 1.47 bits per heavy atom. The van der Waals surface area contributed by atoms with Gasteiger partial charge in [-0.15, -0.1) is 0 Å². The molecule has 0 saturated heterocycles. The number of nitrogens with one attached hydrogen (secondary N) is 1. The van der Waals surface area contributed by atoms with Crippen molar-refractivity contribution in [3.63, 3.8) is 0 Å². The fourth-order valence-corrected chi connectivity index (χ4v) is 2.64. The smallest absolute Gasteiger partial charge is 0.128 e. The van der Waals surface area contributed by atoms with E-state index in [4.69, 9.17) is 9.72 Å². The molecule has 2 rings (SSSR count). The molecule has 0 aliphatic heterocycles. The number of hydrogen-bond acceptors (Lipinski definition) is 4. The molecule has 1 aliphatic rings. The third-order valence-corrected chi connectivity index (χ3v) is 3.73. The maximum atomic E-state index is 5.07. The zero-order valence-corrected chi connectivity index (χ0v) is 12.1. The Bertz CT molecular complexity index is 395. The van der Waals surface area contributed by atoms with Gasteiger partial charge in [-0.05, 0) is 50.3 Å². The second-order valence-corrected chi connectivity index (χ2v) is 5.27. The summed E-state index contributed by atoms with van der Waals surface area (Å²) < 4.78 is 5.07. The fourth-order valence-electron chi connectivity index (χ4n) is 2.64. The monoisotopic (exact) mass is 263 g/mol. The van der Waals surface area contributed by atoms with Crippen LogP contribution in [0.2, 0.25) is 0 Å². The first-order valence-electron chi connectivity index (χ1n) is 7.36. The van der Waals surface area contributed by atoms with E-state index in [9.17, 15) is 0 Å². The third kappa shape index (κ3) is 4.25. The number of aromatic nitrogens is 2. The number of ether oxygens (including phenoxy) is 1. The van der Waals surface area contributed by atoms with Crippen LogP contribution in [0.15, 0.2) is 6.20 Å². The maximum Gasteiger partial charge on any atom is 0.128 e. The predicted molar refractivity (Wildman–Crippen MR) is 76.3 cm³/mol. The van der Waals surface area contributed by atoms with Crippen molar-refractivity contribution in [1.29, 1.82) is 0 Å². The van der Waals surface area contributed by atoms with Crippen molar-refractivity contribution in [2.45, 2.75) is 39.0 Å². The van der Waals surface area contributed by atoms with Crippen molar-refractivity contribution < 1.29 is 4.74 Å². The maximum absolute atomic E-state index is 5.07. The van der Waals surface area contributed by atoms with E-state index in [1.165, 1.54) is 17.7 Å². The Hall–Kier alpha value is -1.00. The Morgan fingerprint density at radius 3 is 3.16 bits per heavy atom. The first-order valence-corrected chi connectivity index (χ1v) is 7.36. The zero-order valence-electron chi connectivity index (χ0n) is 12.1. The van der Waals surface area contributed by atoms with E-state index >= 15 is 0 Å². The van der Waals surface area contributed by atoms with Crippen LogP contribution in [0.3, 0.4) is 0 Å². The summed E-state index contributed by atoms with van der Waals surface area (Å²) in [4.78, 5) is 9.20. The Kier molecular flexibility index (Phi) is 5.73. The topological polar surface area (TPSA) is 47.0 Å². The second kappa shape index (κ2) is 7.56. The third-order valence-electron chi connectivity index (χ3n) is 3.73. The normalized spacial score (nSPS) is 18.3. The molecule has 0 fully saturated rings. The summed E-state index contributed by atoms with van der Waals surface area (Å²) in [6.07, 6.45) is 7.43. The summed E-state index contributed by atoms with van der Waals surface area (Å²) >= 11 is 0. The number of methoxy groups -OCH3 is 1. The molecule has 1 aliphatic carbocycles. The molecule has 0 aromatic carbocycles. The van der Waals surface area contributed by atoms with Gasteiger partial charge in [-0.25, -0.2) is 9.97 Å². The van der Waals surface area contributed by atoms with Gasteiger partial charge in [0.2, 0.25) is 0 Å². The van der Waals surface area contributed by atoms with Crippen molar-refractivity contribution in [2.24, 2.45) is 5.92 Å². The molecule has 0 saturated carbocycles. The lowest BCUT2D eigenvalue weighted by Crippen LogP contribution is -2.27. The van der Waals surface area contributed by atoms with E-state index in [-0.39, 0.29) is 0 Å². The van der Waals surface area contributed by atoms with Crippen LogP contribution >= 0.6 is 0 Å². The van der Waals surface area contributed by atoms with Crippen molar-refractivity contribution in [3.05, 3.63) is 23.3 Å². The molecule has 1 aromatic rings. The molecule has 1 unspecified atom stereocenters. The van der Waals surface area contributed by atoms with Gasteiger partial charge in [-0.3, -0.25) is 0 Å². The molecule has 0 amide bonds. The lowest BCUT2D eigenvalue weighted by molar-refractivity contribution is 0.194. The van der Waals surface area contributed by atoms with Gasteiger partial charge in [0, 0.05) is 32.0 Å². The lowest BCUT2D eigenvalue weighted by Gasteiger charge is -2.24. The molecule has 4 heteroatoms. The van der Waals surface area contributed by atoms with Gasteiger partial charge in [-0.1, -0.05) is 6.92 Å². The molecule has 0 bridgehead atoms. The van der Waals surface area contributed by atoms with Crippen LogP contribution in [0.1, 0.15) is 36.8 Å². The summed E-state index contributed by atoms with van der Waals surface area (Å²) in [5, 5.41) is 3.44. The molecule has 0 spiro atoms. The summed E-state index contributed by atoms with van der Waals surface area (Å²) in [6.45, 7) is 5.11. The van der Waals surface area contributed by atoms with Gasteiger partial charge in [0.15, 0.2) is 0 Å². The molecule has 19 heavy (non-hydrogen) atoms. The zero-order chi connectivity index (χ0) is 13.5. The molecule has 4 nitrogen and oxygen atoms in total. The minimum atomic E-state index is 0.746. The van der Waals surface area contributed by atoms with Crippen LogP contribution in [-0.4, -0.2) is 36.8 Å². The molecular weight excluding hydrogens is 238 g/mol. The van der Waals surface area contributed by atoms with Crippen molar-refractivity contribution in [2.75, 3.05) is 26.8 Å². The summed E-state index contributed by atoms with van der Waals surface area (Å²) in [6, 6.07) is 0. The number of rotatable bonds is 7. The number of fused-ring (bicyclic) bond motifs is 1. The summed E-state index contributed by atoms with van der Waals surface area (Å²) in [7, 11) is 1.73. The number of aryl methyl sites for hydroxylation is 2. The van der Waals surface area contributed by atoms with E-state index in [2.05, 4.69) is 17.2 Å². The average molecular weight is 263 g/mol. The lowest BCUT2D eigenvalue weighted by atomic mass is 9.87. The van der Waals surface area contributed by atoms with Crippen LogP contribution < -0.4 is 5.32 Å². The minimum absolute atomic E-state index is 0.746. The van der Waals surface area contributed by atoms with Gasteiger partial charge in [0.25, 0.3) is 0 Å². The Morgan fingerprint density at radius 2 is 2.37 bits per heavy atom. The van der Waals surface area contributed by atoms with Gasteiger partial charge < -0.3 is 10.1 Å². The molecule has 0 radical (unpaired) electrons. The Labute approximate surface area is 116 Å². The van der Waals surface area contributed by atoms with Crippen LogP contribution in [0.5, 0.6) is 0 Å². The van der Waals surface area contributed by atoms with Crippen LogP contribution in [-0.2, 0) is 24.0 Å². The number of hydrogen-bond donors (Lipinski definition) is 1. The van der Waals surface area contributed by atoms with E-state index < -0.39 is 0 Å². The predicted octanol–water partition coefficient (Wildman–Crippen LogP) is 1.77. The van der Waals surface area contributed by atoms with Gasteiger partial charge in [0.1, 0.15) is 5.82 Å². The highest BCUT2D eigenvalue weighted by molar-refractivity contribution is 5.21. The molecule has 1 heterocycles. The van der Waals surface area contributed by atoms with Gasteiger partial charge in [0.05, 0.1) is 0 Å². The molecule has 1 N–H and O–H groups in total. The van der Waals surface area contributed by atoms with E-state index in [1.807, 2.05) is 6.20 Å². The second-order valence-electron chi connectivity index (χ2n) is 5.27.